The fraction of sp³-hybridized carbons (Fsp3) is 0.333. The molecule has 126 valence electrons. The van der Waals surface area contributed by atoms with Gasteiger partial charge in [0.05, 0.1) is 15.1 Å². The molecule has 0 amide bonds. The van der Waals surface area contributed by atoms with Crippen LogP contribution in [-0.4, -0.2) is 46.0 Å². The van der Waals surface area contributed by atoms with Crippen molar-refractivity contribution < 1.29 is 4.92 Å². The Morgan fingerprint density at radius 3 is 2.62 bits per heavy atom. The molecule has 8 nitrogen and oxygen atoms in total. The Morgan fingerprint density at radius 2 is 2.00 bits per heavy atom. The fourth-order valence-corrected chi connectivity index (χ4v) is 3.36. The smallest absolute Gasteiger partial charge is 0.335 e. The van der Waals surface area contributed by atoms with Gasteiger partial charge in [-0.15, -0.1) is 0 Å². The minimum Gasteiger partial charge on any atom is -0.378 e. The Bertz CT molecular complexity index is 734. The average Bonchev–Trinajstić information content (AvgIpc) is 2.58. The van der Waals surface area contributed by atoms with Crippen LogP contribution in [0.15, 0.2) is 35.1 Å². The van der Waals surface area contributed by atoms with Crippen molar-refractivity contribution in [2.24, 2.45) is 0 Å². The van der Waals surface area contributed by atoms with Crippen LogP contribution >= 0.6 is 15.9 Å². The molecule has 1 saturated heterocycles. The van der Waals surface area contributed by atoms with Gasteiger partial charge in [0.1, 0.15) is 5.69 Å². The lowest BCUT2D eigenvalue weighted by Gasteiger charge is -2.36. The van der Waals surface area contributed by atoms with Crippen LogP contribution in [0.4, 0.5) is 17.2 Å². The number of aromatic nitrogens is 2. The summed E-state index contributed by atoms with van der Waals surface area (Å²) in [5, 5.41) is 11.4. The summed E-state index contributed by atoms with van der Waals surface area (Å²) < 4.78 is 0.585. The first-order valence-corrected chi connectivity index (χ1v) is 8.31. The lowest BCUT2D eigenvalue weighted by molar-refractivity contribution is -0.383. The Kier molecular flexibility index (Phi) is 4.91. The Morgan fingerprint density at radius 1 is 1.25 bits per heavy atom. The molecule has 0 aromatic carbocycles. The van der Waals surface area contributed by atoms with Crippen molar-refractivity contribution in [3.63, 3.8) is 0 Å². The Hall–Kier alpha value is -2.26. The van der Waals surface area contributed by atoms with Gasteiger partial charge in [-0.25, -0.2) is 4.98 Å². The Labute approximate surface area is 147 Å². The third-order valence-corrected chi connectivity index (χ3v) is 4.57. The standard InChI is InChI=1S/C15H17BrN6O2/c16-12-9-19-15(17)14(22(23)24)13(12)21-7-5-20(6-8-21)10-11-3-1-2-4-18-11/h1-4,9H,5-8,10H2,(H2,17,19). The molecule has 0 atom stereocenters. The lowest BCUT2D eigenvalue weighted by Crippen LogP contribution is -2.46. The fourth-order valence-electron chi connectivity index (χ4n) is 2.81. The molecule has 2 N–H and O–H groups in total. The minimum absolute atomic E-state index is 0.0610. The van der Waals surface area contributed by atoms with Crippen molar-refractivity contribution in [2.45, 2.75) is 6.54 Å². The maximum atomic E-state index is 11.4. The van der Waals surface area contributed by atoms with E-state index in [1.54, 1.807) is 6.20 Å². The molecule has 0 unspecified atom stereocenters. The number of hydrogen-bond acceptors (Lipinski definition) is 7. The molecule has 2 aromatic heterocycles. The monoisotopic (exact) mass is 392 g/mol. The molecule has 0 bridgehead atoms. The van der Waals surface area contributed by atoms with Gasteiger partial charge in [-0.2, -0.15) is 0 Å². The first-order chi connectivity index (χ1) is 11.6. The summed E-state index contributed by atoms with van der Waals surface area (Å²) in [6.45, 7) is 3.71. The number of nitrogens with two attached hydrogens (primary N) is 1. The number of nitrogen functional groups attached to an aromatic ring is 1. The van der Waals surface area contributed by atoms with Crippen molar-refractivity contribution in [2.75, 3.05) is 36.8 Å². The number of piperazine rings is 1. The van der Waals surface area contributed by atoms with E-state index in [1.165, 1.54) is 6.20 Å². The summed E-state index contributed by atoms with van der Waals surface area (Å²) in [4.78, 5) is 23.4. The van der Waals surface area contributed by atoms with Crippen molar-refractivity contribution >= 4 is 33.1 Å². The van der Waals surface area contributed by atoms with Crippen molar-refractivity contribution in [3.8, 4) is 0 Å². The average molecular weight is 393 g/mol. The van der Waals surface area contributed by atoms with Crippen LogP contribution in [0, 0.1) is 10.1 Å². The molecule has 9 heteroatoms. The zero-order chi connectivity index (χ0) is 17.1. The lowest BCUT2D eigenvalue weighted by atomic mass is 10.2. The summed E-state index contributed by atoms with van der Waals surface area (Å²) in [6, 6.07) is 5.86. The highest BCUT2D eigenvalue weighted by molar-refractivity contribution is 9.10. The molecule has 0 saturated carbocycles. The Balaban J connectivity index is 1.73. The molecule has 1 fully saturated rings. The molecule has 24 heavy (non-hydrogen) atoms. The quantitative estimate of drug-likeness (QED) is 0.627. The van der Waals surface area contributed by atoms with E-state index < -0.39 is 4.92 Å². The predicted octanol–water partition coefficient (Wildman–Crippen LogP) is 2.05. The molecule has 2 aromatic rings. The first kappa shape index (κ1) is 16.6. The second-order valence-corrected chi connectivity index (χ2v) is 6.38. The maximum absolute atomic E-state index is 11.4. The molecule has 0 radical (unpaired) electrons. The van der Waals surface area contributed by atoms with Gasteiger partial charge in [-0.3, -0.25) is 20.0 Å². The van der Waals surface area contributed by atoms with Gasteiger partial charge in [-0.1, -0.05) is 6.07 Å². The van der Waals surface area contributed by atoms with E-state index >= 15 is 0 Å². The number of nitro groups is 1. The summed E-state index contributed by atoms with van der Waals surface area (Å²) in [7, 11) is 0. The van der Waals surface area contributed by atoms with Gasteiger partial charge in [-0.05, 0) is 28.1 Å². The van der Waals surface area contributed by atoms with Crippen LogP contribution in [0.2, 0.25) is 0 Å². The van der Waals surface area contributed by atoms with E-state index in [0.29, 0.717) is 23.2 Å². The van der Waals surface area contributed by atoms with E-state index in [2.05, 4.69) is 30.8 Å². The highest BCUT2D eigenvalue weighted by Crippen LogP contribution is 2.39. The molecule has 0 spiro atoms. The van der Waals surface area contributed by atoms with E-state index in [0.717, 1.165) is 25.3 Å². The van der Waals surface area contributed by atoms with Crippen LogP contribution in [0.5, 0.6) is 0 Å². The summed E-state index contributed by atoms with van der Waals surface area (Å²) in [5.41, 5.74) is 7.10. The zero-order valence-electron chi connectivity index (χ0n) is 12.9. The molecule has 3 heterocycles. The second kappa shape index (κ2) is 7.10. The SMILES string of the molecule is Nc1ncc(Br)c(N2CCN(Cc3ccccn3)CC2)c1[N+](=O)[O-]. The van der Waals surface area contributed by atoms with Crippen molar-refractivity contribution in [3.05, 3.63) is 50.9 Å². The van der Waals surface area contributed by atoms with Crippen LogP contribution in [0.3, 0.4) is 0 Å². The van der Waals surface area contributed by atoms with Gasteiger partial charge < -0.3 is 10.6 Å². The molecular weight excluding hydrogens is 376 g/mol. The van der Waals surface area contributed by atoms with E-state index in [9.17, 15) is 10.1 Å². The number of halogens is 1. The van der Waals surface area contributed by atoms with Crippen molar-refractivity contribution in [1.82, 2.24) is 14.9 Å². The van der Waals surface area contributed by atoms with Gasteiger partial charge in [0.25, 0.3) is 0 Å². The molecule has 1 aliphatic rings. The number of pyridine rings is 2. The molecule has 3 rings (SSSR count). The normalized spacial score (nSPS) is 15.5. The van der Waals surface area contributed by atoms with Crippen LogP contribution in [-0.2, 0) is 6.54 Å². The second-order valence-electron chi connectivity index (χ2n) is 5.53. The van der Waals surface area contributed by atoms with E-state index in [1.807, 2.05) is 23.1 Å². The zero-order valence-corrected chi connectivity index (χ0v) is 14.5. The molecule has 1 aliphatic heterocycles. The van der Waals surface area contributed by atoms with E-state index in [-0.39, 0.29) is 11.5 Å². The minimum atomic E-state index is -0.470. The molecule has 0 aliphatic carbocycles. The first-order valence-electron chi connectivity index (χ1n) is 7.52. The van der Waals surface area contributed by atoms with E-state index in [4.69, 9.17) is 5.73 Å². The topological polar surface area (TPSA) is 101 Å². The number of rotatable bonds is 4. The predicted molar refractivity (Wildman–Crippen MR) is 94.7 cm³/mol. The number of nitrogens with zero attached hydrogens (tertiary/aromatic N) is 5. The summed E-state index contributed by atoms with van der Waals surface area (Å²) in [6.07, 6.45) is 3.30. The number of anilines is 2. The van der Waals surface area contributed by atoms with Crippen LogP contribution in [0.1, 0.15) is 5.69 Å². The number of hydrogen-bond donors (Lipinski definition) is 1. The largest absolute Gasteiger partial charge is 0.378 e. The van der Waals surface area contributed by atoms with Gasteiger partial charge in [0.2, 0.25) is 5.82 Å². The maximum Gasteiger partial charge on any atom is 0.335 e. The van der Waals surface area contributed by atoms with Crippen LogP contribution in [0.25, 0.3) is 0 Å². The van der Waals surface area contributed by atoms with Crippen LogP contribution < -0.4 is 10.6 Å². The van der Waals surface area contributed by atoms with Gasteiger partial charge in [0.15, 0.2) is 0 Å². The highest BCUT2D eigenvalue weighted by atomic mass is 79.9. The third-order valence-electron chi connectivity index (χ3n) is 3.99. The summed E-state index contributed by atoms with van der Waals surface area (Å²) >= 11 is 3.37. The van der Waals surface area contributed by atoms with Gasteiger partial charge >= 0.3 is 5.69 Å². The van der Waals surface area contributed by atoms with Crippen molar-refractivity contribution in [1.29, 1.82) is 0 Å². The summed E-state index contributed by atoms with van der Waals surface area (Å²) in [5.74, 6) is -0.0610. The molecular formula is C15H17BrN6O2. The van der Waals surface area contributed by atoms with Gasteiger partial charge in [0, 0.05) is 45.1 Å². The third kappa shape index (κ3) is 3.46. The highest BCUT2D eigenvalue weighted by Gasteiger charge is 2.29.